The van der Waals surface area contributed by atoms with Crippen molar-refractivity contribution in [2.75, 3.05) is 36.5 Å². The van der Waals surface area contributed by atoms with Crippen LogP contribution < -0.4 is 9.80 Å². The summed E-state index contributed by atoms with van der Waals surface area (Å²) in [4.78, 5) is 31.3. The van der Waals surface area contributed by atoms with Crippen molar-refractivity contribution in [2.24, 2.45) is 5.41 Å². The first kappa shape index (κ1) is 25.6. The molecule has 194 valence electrons. The lowest BCUT2D eigenvalue weighted by atomic mass is 9.75. The molecular weight excluding hydrogens is 487 g/mol. The Hall–Kier alpha value is -3.45. The summed E-state index contributed by atoms with van der Waals surface area (Å²) in [6.45, 7) is 2.39. The molecule has 4 heterocycles. The van der Waals surface area contributed by atoms with Crippen molar-refractivity contribution in [3.8, 4) is 0 Å². The zero-order chi connectivity index (χ0) is 26.1. The smallest absolute Gasteiger partial charge is 0.358 e. The third kappa shape index (κ3) is 5.36. The van der Waals surface area contributed by atoms with Crippen molar-refractivity contribution >= 4 is 29.1 Å². The molecule has 0 bridgehead atoms. The van der Waals surface area contributed by atoms with Crippen LogP contribution in [0.15, 0.2) is 18.6 Å². The number of piperidine rings is 1. The molecule has 0 aliphatic carbocycles. The van der Waals surface area contributed by atoms with Gasteiger partial charge in [-0.3, -0.25) is 4.98 Å². The molecule has 0 amide bonds. The van der Waals surface area contributed by atoms with Gasteiger partial charge in [0.2, 0.25) is 0 Å². The van der Waals surface area contributed by atoms with Crippen molar-refractivity contribution in [3.05, 3.63) is 30.0 Å². The summed E-state index contributed by atoms with van der Waals surface area (Å²) in [7, 11) is 1.62. The molecule has 0 unspecified atom stereocenters. The number of carbonyl (C=O) groups is 1. The number of rotatable bonds is 8. The lowest BCUT2D eigenvalue weighted by molar-refractivity contribution is -0.141. The Morgan fingerprint density at radius 1 is 1.17 bits per heavy atom. The van der Waals surface area contributed by atoms with Crippen LogP contribution in [-0.2, 0) is 17.5 Å². The van der Waals surface area contributed by atoms with Crippen LogP contribution in [0, 0.1) is 12.3 Å². The van der Waals surface area contributed by atoms with Crippen LogP contribution in [0.4, 0.5) is 33.6 Å². The van der Waals surface area contributed by atoms with E-state index < -0.39 is 30.3 Å². The molecule has 1 aliphatic rings. The van der Waals surface area contributed by atoms with Gasteiger partial charge in [-0.05, 0) is 25.2 Å². The molecular formula is C22H25F5N8O. The Bertz CT molecular complexity index is 1220. The molecule has 1 aliphatic heterocycles. The standard InChI is InChI=1S/C22H25F5N8O/c1-14-19-20(35(32-14)12-16(23)24)31-18(11-29-19)34-6-3-21(4-7-34,5-8-36)13-33(2)17-10-28-9-15(30-17)22(25,26)27/h8-11,16H,3-7,12-13H2,1-2H3. The zero-order valence-corrected chi connectivity index (χ0v) is 19.7. The largest absolute Gasteiger partial charge is 0.434 e. The predicted octanol–water partition coefficient (Wildman–Crippen LogP) is 3.52. The topological polar surface area (TPSA) is 92.9 Å². The number of aldehydes is 1. The number of alkyl halides is 5. The Kier molecular flexibility index (Phi) is 7.05. The van der Waals surface area contributed by atoms with E-state index in [4.69, 9.17) is 0 Å². The van der Waals surface area contributed by atoms with E-state index in [2.05, 4.69) is 25.0 Å². The van der Waals surface area contributed by atoms with E-state index in [1.54, 1.807) is 25.1 Å². The van der Waals surface area contributed by atoms with E-state index in [0.717, 1.165) is 11.0 Å². The first-order valence-electron chi connectivity index (χ1n) is 11.3. The summed E-state index contributed by atoms with van der Waals surface area (Å²) in [5.74, 6) is 0.575. The van der Waals surface area contributed by atoms with Crippen LogP contribution in [0.2, 0.25) is 0 Å². The van der Waals surface area contributed by atoms with Gasteiger partial charge in [-0.1, -0.05) is 0 Å². The molecule has 36 heavy (non-hydrogen) atoms. The fraction of sp³-hybridized carbons (Fsp3) is 0.545. The third-order valence-electron chi connectivity index (χ3n) is 6.45. The second kappa shape index (κ2) is 9.90. The normalized spacial score (nSPS) is 16.1. The van der Waals surface area contributed by atoms with E-state index in [9.17, 15) is 26.7 Å². The summed E-state index contributed by atoms with van der Waals surface area (Å²) >= 11 is 0. The lowest BCUT2D eigenvalue weighted by Crippen LogP contribution is -2.46. The van der Waals surface area contributed by atoms with Gasteiger partial charge in [-0.25, -0.2) is 28.4 Å². The van der Waals surface area contributed by atoms with Crippen molar-refractivity contribution < 1.29 is 26.7 Å². The molecule has 3 aromatic heterocycles. The Labute approximate surface area is 203 Å². The number of fused-ring (bicyclic) bond motifs is 1. The second-order valence-electron chi connectivity index (χ2n) is 9.03. The molecule has 4 rings (SSSR count). The third-order valence-corrected chi connectivity index (χ3v) is 6.45. The van der Waals surface area contributed by atoms with Gasteiger partial charge >= 0.3 is 6.18 Å². The van der Waals surface area contributed by atoms with Crippen molar-refractivity contribution in [1.29, 1.82) is 0 Å². The number of aromatic nitrogens is 6. The van der Waals surface area contributed by atoms with E-state index in [-0.39, 0.29) is 17.9 Å². The summed E-state index contributed by atoms with van der Waals surface area (Å²) in [5.41, 5.74) is -0.335. The minimum atomic E-state index is -4.61. The highest BCUT2D eigenvalue weighted by molar-refractivity contribution is 5.74. The molecule has 1 fully saturated rings. The zero-order valence-electron chi connectivity index (χ0n) is 19.7. The highest BCUT2D eigenvalue weighted by Gasteiger charge is 2.37. The summed E-state index contributed by atoms with van der Waals surface area (Å²) in [6, 6.07) is 0. The number of hydrogen-bond acceptors (Lipinski definition) is 8. The minimum Gasteiger partial charge on any atom is -0.358 e. The van der Waals surface area contributed by atoms with E-state index in [0.29, 0.717) is 55.7 Å². The molecule has 1 saturated heterocycles. The molecule has 0 atom stereocenters. The monoisotopic (exact) mass is 512 g/mol. The van der Waals surface area contributed by atoms with Crippen molar-refractivity contribution in [3.63, 3.8) is 0 Å². The highest BCUT2D eigenvalue weighted by Crippen LogP contribution is 2.37. The maximum Gasteiger partial charge on any atom is 0.434 e. The molecule has 0 N–H and O–H groups in total. The number of halogens is 5. The molecule has 9 nitrogen and oxygen atoms in total. The Morgan fingerprint density at radius 3 is 2.53 bits per heavy atom. The molecule has 0 spiro atoms. The number of hydrogen-bond donors (Lipinski definition) is 0. The lowest BCUT2D eigenvalue weighted by Gasteiger charge is -2.43. The SMILES string of the molecule is Cc1nn(CC(F)F)c2nc(N3CCC(CC=O)(CN(C)c4cncc(C(F)(F)F)n4)CC3)cnc12. The molecule has 0 saturated carbocycles. The van der Waals surface area contributed by atoms with Gasteiger partial charge in [0.15, 0.2) is 11.3 Å². The van der Waals surface area contributed by atoms with Crippen LogP contribution in [0.25, 0.3) is 11.2 Å². The van der Waals surface area contributed by atoms with Gasteiger partial charge in [-0.15, -0.1) is 0 Å². The van der Waals surface area contributed by atoms with Gasteiger partial charge in [0.1, 0.15) is 30.0 Å². The van der Waals surface area contributed by atoms with E-state index >= 15 is 0 Å². The summed E-state index contributed by atoms with van der Waals surface area (Å²) in [5, 5.41) is 4.11. The first-order valence-corrected chi connectivity index (χ1v) is 11.3. The van der Waals surface area contributed by atoms with Crippen LogP contribution in [0.1, 0.15) is 30.7 Å². The van der Waals surface area contributed by atoms with Crippen LogP contribution in [0.3, 0.4) is 0 Å². The number of carbonyl (C=O) groups excluding carboxylic acids is 1. The number of aryl methyl sites for hydroxylation is 1. The summed E-state index contributed by atoms with van der Waals surface area (Å²) < 4.78 is 66.2. The number of anilines is 2. The predicted molar refractivity (Wildman–Crippen MR) is 121 cm³/mol. The number of nitrogens with zero attached hydrogens (tertiary/aromatic N) is 8. The van der Waals surface area contributed by atoms with E-state index in [1.165, 1.54) is 6.20 Å². The average molecular weight is 512 g/mol. The molecule has 0 aromatic carbocycles. The maximum atomic E-state index is 13.0. The molecule has 3 aromatic rings. The quantitative estimate of drug-likeness (QED) is 0.335. The average Bonchev–Trinajstić information content (AvgIpc) is 3.13. The first-order chi connectivity index (χ1) is 17.0. The fourth-order valence-corrected chi connectivity index (χ4v) is 4.57. The van der Waals surface area contributed by atoms with Gasteiger partial charge < -0.3 is 14.6 Å². The molecule has 0 radical (unpaired) electrons. The minimum absolute atomic E-state index is 0.0662. The summed E-state index contributed by atoms with van der Waals surface area (Å²) in [6.07, 6.45) is -1.55. The van der Waals surface area contributed by atoms with Crippen molar-refractivity contribution in [2.45, 2.75) is 45.3 Å². The second-order valence-corrected chi connectivity index (χ2v) is 9.03. The van der Waals surface area contributed by atoms with Crippen LogP contribution >= 0.6 is 0 Å². The fourth-order valence-electron chi connectivity index (χ4n) is 4.57. The van der Waals surface area contributed by atoms with Crippen LogP contribution in [-0.4, -0.2) is 69.1 Å². The van der Waals surface area contributed by atoms with Gasteiger partial charge in [0.25, 0.3) is 6.43 Å². The van der Waals surface area contributed by atoms with E-state index in [1.807, 2.05) is 4.90 Å². The van der Waals surface area contributed by atoms with Gasteiger partial charge in [0.05, 0.1) is 24.3 Å². The van der Waals surface area contributed by atoms with Gasteiger partial charge in [-0.2, -0.15) is 18.3 Å². The Balaban J connectivity index is 1.50. The maximum absolute atomic E-state index is 13.0. The molecule has 14 heteroatoms. The van der Waals surface area contributed by atoms with Crippen molar-refractivity contribution in [1.82, 2.24) is 29.7 Å². The van der Waals surface area contributed by atoms with Gasteiger partial charge in [0, 0.05) is 33.1 Å². The van der Waals surface area contributed by atoms with Crippen LogP contribution in [0.5, 0.6) is 0 Å². The highest BCUT2D eigenvalue weighted by atomic mass is 19.4. The Morgan fingerprint density at radius 2 is 1.89 bits per heavy atom.